The molecule has 41 heavy (non-hydrogen) atoms. The van der Waals surface area contributed by atoms with E-state index < -0.39 is 48.4 Å². The molecular formula is C29H22N6O6. The second kappa shape index (κ2) is 8.31. The van der Waals surface area contributed by atoms with Gasteiger partial charge in [0.15, 0.2) is 12.3 Å². The molecular weight excluding hydrogens is 528 g/mol. The lowest BCUT2D eigenvalue weighted by atomic mass is 9.92. The van der Waals surface area contributed by atoms with Gasteiger partial charge in [-0.2, -0.15) is 0 Å². The number of amides is 2. The van der Waals surface area contributed by atoms with Crippen molar-refractivity contribution in [1.29, 1.82) is 0 Å². The molecule has 5 atom stereocenters. The van der Waals surface area contributed by atoms with Crippen molar-refractivity contribution in [3.05, 3.63) is 70.1 Å². The first-order chi connectivity index (χ1) is 20.0. The van der Waals surface area contributed by atoms with E-state index in [1.54, 1.807) is 0 Å². The van der Waals surface area contributed by atoms with Crippen LogP contribution in [-0.2, 0) is 19.0 Å². The van der Waals surface area contributed by atoms with E-state index in [4.69, 9.17) is 19.7 Å². The number of carbonyl (C=O) groups excluding carboxylic acids is 3. The lowest BCUT2D eigenvalue weighted by molar-refractivity contribution is -0.229. The van der Waals surface area contributed by atoms with E-state index in [0.29, 0.717) is 21.9 Å². The molecule has 0 bridgehead atoms. The first kappa shape index (κ1) is 23.9. The molecule has 2 aromatic heterocycles. The fraction of sp³-hybridized carbons (Fsp3) is 0.276. The number of hydrogen-bond acceptors (Lipinski definition) is 7. The number of hydrogen-bond donors (Lipinski definition) is 1. The number of esters is 1. The lowest BCUT2D eigenvalue weighted by Crippen LogP contribution is -2.56. The molecule has 5 aromatic rings. The van der Waals surface area contributed by atoms with Crippen LogP contribution >= 0.6 is 0 Å². The fourth-order valence-electron chi connectivity index (χ4n) is 7.28. The standard InChI is InChI=1S/C29H22N6O6/c1-12(36)40-26-24-29(41-17(11-31-33-30)25(26)39-2)35-16-10-6-4-8-14(16)19-21-20(27(37)32-28(21)38)18-13-7-3-5-9-15(13)34(24)22(18)23(19)35/h3-10,17,24-26,29H,11H2,1-2H3,(H,32,37,38)/t17-,24+,25-,26-,29-/m1/s1. The van der Waals surface area contributed by atoms with E-state index in [1.807, 2.05) is 53.1 Å². The summed E-state index contributed by atoms with van der Waals surface area (Å²) in [5.41, 5.74) is 12.8. The predicted octanol–water partition coefficient (Wildman–Crippen LogP) is 4.50. The number of imide groups is 1. The highest BCUT2D eigenvalue weighted by Gasteiger charge is 2.53. The largest absolute Gasteiger partial charge is 0.457 e. The van der Waals surface area contributed by atoms with E-state index in [-0.39, 0.29) is 6.54 Å². The van der Waals surface area contributed by atoms with E-state index in [0.717, 1.165) is 32.8 Å². The van der Waals surface area contributed by atoms with Crippen LogP contribution in [-0.4, -0.2) is 58.9 Å². The van der Waals surface area contributed by atoms with Crippen LogP contribution in [0.1, 0.15) is 39.9 Å². The highest BCUT2D eigenvalue weighted by molar-refractivity contribution is 6.39. The Morgan fingerprint density at radius 3 is 2.15 bits per heavy atom. The maximum Gasteiger partial charge on any atom is 0.303 e. The first-order valence-electron chi connectivity index (χ1n) is 13.2. The second-order valence-electron chi connectivity index (χ2n) is 10.5. The molecule has 3 aliphatic heterocycles. The normalized spacial score (nSPS) is 24.6. The third kappa shape index (κ3) is 2.90. The number of para-hydroxylation sites is 2. The van der Waals surface area contributed by atoms with Crippen molar-refractivity contribution < 1.29 is 28.6 Å². The van der Waals surface area contributed by atoms with Crippen LogP contribution in [0.25, 0.3) is 54.1 Å². The highest BCUT2D eigenvalue weighted by atomic mass is 16.6. The molecule has 5 heterocycles. The zero-order chi connectivity index (χ0) is 28.2. The minimum atomic E-state index is -0.845. The number of nitrogens with one attached hydrogen (secondary N) is 1. The zero-order valence-corrected chi connectivity index (χ0v) is 21.9. The average molecular weight is 551 g/mol. The van der Waals surface area contributed by atoms with Crippen LogP contribution in [0.2, 0.25) is 0 Å². The molecule has 12 heteroatoms. The molecule has 0 radical (unpaired) electrons. The van der Waals surface area contributed by atoms with Gasteiger partial charge in [-0.05, 0) is 17.7 Å². The van der Waals surface area contributed by atoms with Gasteiger partial charge in [0.25, 0.3) is 11.8 Å². The number of methoxy groups -OCH3 is 1. The number of rotatable bonds is 4. The number of fused-ring (bicyclic) bond motifs is 12. The third-order valence-corrected chi connectivity index (χ3v) is 8.56. The van der Waals surface area contributed by atoms with Crippen molar-refractivity contribution in [2.45, 2.75) is 37.5 Å². The molecule has 8 rings (SSSR count). The van der Waals surface area contributed by atoms with Gasteiger partial charge in [0.05, 0.1) is 40.3 Å². The molecule has 3 aliphatic rings. The van der Waals surface area contributed by atoms with Crippen LogP contribution in [0.15, 0.2) is 53.6 Å². The molecule has 0 unspecified atom stereocenters. The smallest absolute Gasteiger partial charge is 0.303 e. The number of ether oxygens (including phenoxy) is 3. The summed E-state index contributed by atoms with van der Waals surface area (Å²) in [5.74, 6) is -1.40. The SMILES string of the molecule is CO[C@H]1[C@H](OC(C)=O)[C@H]2[C@@H](O[C@@H]1CN=[N+]=[N-])n1c3ccccc3c3c4c(c5c6ccccc6n2c5c31)C(=O)NC4=O. The van der Waals surface area contributed by atoms with E-state index >= 15 is 0 Å². The zero-order valence-electron chi connectivity index (χ0n) is 21.9. The van der Waals surface area contributed by atoms with Gasteiger partial charge in [0.1, 0.15) is 12.1 Å². The minimum Gasteiger partial charge on any atom is -0.457 e. The summed E-state index contributed by atoms with van der Waals surface area (Å²) < 4.78 is 22.7. The summed E-state index contributed by atoms with van der Waals surface area (Å²) in [6.45, 7) is 1.29. The van der Waals surface area contributed by atoms with E-state index in [2.05, 4.69) is 19.9 Å². The second-order valence-corrected chi connectivity index (χ2v) is 10.5. The molecule has 204 valence electrons. The van der Waals surface area contributed by atoms with Gasteiger partial charge < -0.3 is 23.3 Å². The molecule has 0 spiro atoms. The Balaban J connectivity index is 1.60. The highest BCUT2D eigenvalue weighted by Crippen LogP contribution is 2.54. The summed E-state index contributed by atoms with van der Waals surface area (Å²) in [6, 6.07) is 14.7. The predicted molar refractivity (Wildman–Crippen MR) is 148 cm³/mol. The van der Waals surface area contributed by atoms with Crippen molar-refractivity contribution in [2.24, 2.45) is 5.11 Å². The van der Waals surface area contributed by atoms with Crippen LogP contribution < -0.4 is 5.32 Å². The van der Waals surface area contributed by atoms with Crippen molar-refractivity contribution >= 4 is 61.4 Å². The summed E-state index contributed by atoms with van der Waals surface area (Å²) >= 11 is 0. The van der Waals surface area contributed by atoms with Crippen LogP contribution in [0, 0.1) is 0 Å². The molecule has 12 nitrogen and oxygen atoms in total. The van der Waals surface area contributed by atoms with Gasteiger partial charge in [0.2, 0.25) is 0 Å². The Bertz CT molecular complexity index is 2070. The van der Waals surface area contributed by atoms with Gasteiger partial charge in [-0.25, -0.2) is 0 Å². The molecule has 0 saturated carbocycles. The fourth-order valence-corrected chi connectivity index (χ4v) is 7.28. The summed E-state index contributed by atoms with van der Waals surface area (Å²) in [5, 5.41) is 9.16. The summed E-state index contributed by atoms with van der Waals surface area (Å²) in [7, 11) is 1.50. The molecule has 2 amide bonds. The molecule has 0 aliphatic carbocycles. The Hall–Kier alpha value is -4.90. The van der Waals surface area contributed by atoms with E-state index in [1.165, 1.54) is 14.0 Å². The Labute approximate surface area is 231 Å². The Kier molecular flexibility index (Phi) is 4.85. The summed E-state index contributed by atoms with van der Waals surface area (Å²) in [4.78, 5) is 42.2. The molecule has 1 saturated heterocycles. The van der Waals surface area contributed by atoms with Gasteiger partial charge in [-0.1, -0.05) is 41.5 Å². The van der Waals surface area contributed by atoms with Crippen molar-refractivity contribution in [1.82, 2.24) is 14.5 Å². The maximum atomic E-state index is 13.4. The van der Waals surface area contributed by atoms with Crippen LogP contribution in [0.4, 0.5) is 0 Å². The Morgan fingerprint density at radius 2 is 1.56 bits per heavy atom. The van der Waals surface area contributed by atoms with E-state index in [9.17, 15) is 14.4 Å². The van der Waals surface area contributed by atoms with Crippen molar-refractivity contribution in [3.63, 3.8) is 0 Å². The van der Waals surface area contributed by atoms with Crippen molar-refractivity contribution in [2.75, 3.05) is 13.7 Å². The van der Waals surface area contributed by atoms with Crippen LogP contribution in [0.5, 0.6) is 0 Å². The quantitative estimate of drug-likeness (QED) is 0.115. The lowest BCUT2D eigenvalue weighted by Gasteiger charge is -2.48. The van der Waals surface area contributed by atoms with Gasteiger partial charge in [0, 0.05) is 46.0 Å². The maximum absolute atomic E-state index is 13.4. The first-order valence-corrected chi connectivity index (χ1v) is 13.2. The molecule has 1 fully saturated rings. The monoisotopic (exact) mass is 550 g/mol. The molecule has 3 aromatic carbocycles. The number of benzene rings is 3. The average Bonchev–Trinajstić information content (AvgIpc) is 3.58. The topological polar surface area (TPSA) is 150 Å². The van der Waals surface area contributed by atoms with Gasteiger partial charge in [-0.3, -0.25) is 19.7 Å². The number of azide groups is 1. The number of nitrogens with zero attached hydrogens (tertiary/aromatic N) is 5. The minimum absolute atomic E-state index is 0.0475. The number of carbonyl (C=O) groups is 3. The van der Waals surface area contributed by atoms with Crippen molar-refractivity contribution in [3.8, 4) is 0 Å². The Morgan fingerprint density at radius 1 is 0.976 bits per heavy atom. The van der Waals surface area contributed by atoms with Gasteiger partial charge >= 0.3 is 5.97 Å². The van der Waals surface area contributed by atoms with Crippen LogP contribution in [0.3, 0.4) is 0 Å². The summed E-state index contributed by atoms with van der Waals surface area (Å²) in [6.07, 6.45) is -3.09. The number of aromatic nitrogens is 2. The molecule has 1 N–H and O–H groups in total. The third-order valence-electron chi connectivity index (χ3n) is 8.56. The van der Waals surface area contributed by atoms with Gasteiger partial charge in [-0.15, -0.1) is 0 Å².